The van der Waals surface area contributed by atoms with Crippen LogP contribution in [0.25, 0.3) is 0 Å². The van der Waals surface area contributed by atoms with Crippen LogP contribution in [0.4, 0.5) is 5.69 Å². The number of carbonyl (C=O) groups excluding carboxylic acids is 2. The maximum Gasteiger partial charge on any atom is 0.244 e. The number of hydrogen-bond acceptors (Lipinski definition) is 4. The first-order valence-electron chi connectivity index (χ1n) is 11.7. The highest BCUT2D eigenvalue weighted by Gasteiger charge is 2.32. The Balaban J connectivity index is 2.44. The first kappa shape index (κ1) is 27.4. The number of aryl methyl sites for hydroxylation is 2. The first-order chi connectivity index (χ1) is 16.0. The van der Waals surface area contributed by atoms with Gasteiger partial charge >= 0.3 is 0 Å². The van der Waals surface area contributed by atoms with Crippen LogP contribution in [0.3, 0.4) is 0 Å². The average molecular weight is 488 g/mol. The second-order valence-electron chi connectivity index (χ2n) is 8.86. The van der Waals surface area contributed by atoms with Crippen LogP contribution in [0.2, 0.25) is 0 Å². The summed E-state index contributed by atoms with van der Waals surface area (Å²) in [6.45, 7) is 9.33. The molecule has 0 saturated heterocycles. The van der Waals surface area contributed by atoms with E-state index in [1.165, 1.54) is 4.90 Å². The van der Waals surface area contributed by atoms with E-state index in [-0.39, 0.29) is 25.0 Å². The fourth-order valence-electron chi connectivity index (χ4n) is 3.85. The number of anilines is 1. The van der Waals surface area contributed by atoms with Crippen LogP contribution in [-0.4, -0.2) is 50.0 Å². The van der Waals surface area contributed by atoms with E-state index in [1.807, 2.05) is 71.0 Å². The summed E-state index contributed by atoms with van der Waals surface area (Å²) in [4.78, 5) is 28.2. The number of hydrogen-bond donors (Lipinski definition) is 1. The number of nitrogens with zero attached hydrogens (tertiary/aromatic N) is 2. The lowest BCUT2D eigenvalue weighted by Crippen LogP contribution is -2.53. The molecule has 0 heterocycles. The van der Waals surface area contributed by atoms with Gasteiger partial charge < -0.3 is 10.2 Å². The van der Waals surface area contributed by atoms with Gasteiger partial charge in [0.1, 0.15) is 12.6 Å². The van der Waals surface area contributed by atoms with Crippen molar-refractivity contribution in [2.75, 3.05) is 17.1 Å². The van der Waals surface area contributed by atoms with Crippen molar-refractivity contribution in [3.63, 3.8) is 0 Å². The van der Waals surface area contributed by atoms with Gasteiger partial charge in [0.05, 0.1) is 11.9 Å². The predicted molar refractivity (Wildman–Crippen MR) is 137 cm³/mol. The third-order valence-electron chi connectivity index (χ3n) is 5.76. The van der Waals surface area contributed by atoms with Crippen LogP contribution >= 0.6 is 0 Å². The minimum Gasteiger partial charge on any atom is -0.352 e. The highest BCUT2D eigenvalue weighted by molar-refractivity contribution is 7.92. The molecule has 0 unspecified atom stereocenters. The summed E-state index contributed by atoms with van der Waals surface area (Å²) in [5, 5.41) is 2.97. The van der Waals surface area contributed by atoms with E-state index in [4.69, 9.17) is 0 Å². The number of rotatable bonds is 11. The normalized spacial score (nSPS) is 13.1. The monoisotopic (exact) mass is 487 g/mol. The largest absolute Gasteiger partial charge is 0.352 e. The molecule has 0 spiro atoms. The summed E-state index contributed by atoms with van der Waals surface area (Å²) in [7, 11) is -3.74. The van der Waals surface area contributed by atoms with Crippen LogP contribution in [0.15, 0.2) is 48.5 Å². The Labute approximate surface area is 204 Å². The third-order valence-corrected chi connectivity index (χ3v) is 6.90. The standard InChI is InChI=1S/C26H37N3O4S/c1-7-21(5)27-26(31)24(8-2)28(17-22-12-10-9-11-13-22)25(30)18-29(34(6,32)33)23-15-19(3)14-20(4)16-23/h9-16,21,24H,7-8,17-18H2,1-6H3,(H,27,31)/t21-,24+/m0/s1. The summed E-state index contributed by atoms with van der Waals surface area (Å²) >= 11 is 0. The van der Waals surface area contributed by atoms with E-state index in [1.54, 1.807) is 12.1 Å². The van der Waals surface area contributed by atoms with Crippen molar-refractivity contribution in [1.29, 1.82) is 0 Å². The molecule has 0 saturated carbocycles. The predicted octanol–water partition coefficient (Wildman–Crippen LogP) is 3.79. The van der Waals surface area contributed by atoms with Gasteiger partial charge in [0.2, 0.25) is 21.8 Å². The lowest BCUT2D eigenvalue weighted by Gasteiger charge is -2.33. The first-order valence-corrected chi connectivity index (χ1v) is 13.5. The zero-order chi connectivity index (χ0) is 25.5. The quantitative estimate of drug-likeness (QED) is 0.522. The van der Waals surface area contributed by atoms with Crippen molar-refractivity contribution in [2.24, 2.45) is 0 Å². The minimum atomic E-state index is -3.74. The molecule has 2 rings (SSSR count). The zero-order valence-corrected chi connectivity index (χ0v) is 21.9. The van der Waals surface area contributed by atoms with Gasteiger partial charge in [-0.2, -0.15) is 0 Å². The Hall–Kier alpha value is -2.87. The minimum absolute atomic E-state index is 0.0296. The van der Waals surface area contributed by atoms with E-state index >= 15 is 0 Å². The van der Waals surface area contributed by atoms with E-state index < -0.39 is 22.0 Å². The smallest absolute Gasteiger partial charge is 0.244 e. The third kappa shape index (κ3) is 7.58. The zero-order valence-electron chi connectivity index (χ0n) is 21.0. The molecule has 34 heavy (non-hydrogen) atoms. The number of benzene rings is 2. The number of sulfonamides is 1. The van der Waals surface area contributed by atoms with Gasteiger partial charge in [-0.25, -0.2) is 8.42 Å². The maximum absolute atomic E-state index is 13.6. The fraction of sp³-hybridized carbons (Fsp3) is 0.462. The Morgan fingerprint density at radius 2 is 1.56 bits per heavy atom. The Morgan fingerprint density at radius 1 is 0.971 bits per heavy atom. The van der Waals surface area contributed by atoms with Crippen LogP contribution < -0.4 is 9.62 Å². The lowest BCUT2D eigenvalue weighted by molar-refractivity contribution is -0.140. The molecule has 186 valence electrons. The molecule has 0 bridgehead atoms. The van der Waals surface area contributed by atoms with Gasteiger partial charge in [-0.15, -0.1) is 0 Å². The fourth-order valence-corrected chi connectivity index (χ4v) is 4.68. The molecule has 0 aliphatic rings. The molecular weight excluding hydrogens is 450 g/mol. The Morgan fingerprint density at radius 3 is 2.06 bits per heavy atom. The van der Waals surface area contributed by atoms with Gasteiger partial charge in [-0.1, -0.05) is 50.2 Å². The van der Waals surface area contributed by atoms with Crippen LogP contribution in [0, 0.1) is 13.8 Å². The van der Waals surface area contributed by atoms with Crippen LogP contribution in [-0.2, 0) is 26.2 Å². The van der Waals surface area contributed by atoms with Crippen molar-refractivity contribution >= 4 is 27.5 Å². The molecule has 2 atom stereocenters. The van der Waals surface area contributed by atoms with Gasteiger partial charge in [0.15, 0.2) is 0 Å². The topological polar surface area (TPSA) is 86.8 Å². The Kier molecular flexibility index (Phi) is 9.67. The van der Waals surface area contributed by atoms with E-state index in [9.17, 15) is 18.0 Å². The molecule has 0 aliphatic heterocycles. The highest BCUT2D eigenvalue weighted by atomic mass is 32.2. The van der Waals surface area contributed by atoms with Crippen molar-refractivity contribution in [3.8, 4) is 0 Å². The summed E-state index contributed by atoms with van der Waals surface area (Å²) in [6.07, 6.45) is 2.26. The van der Waals surface area contributed by atoms with E-state index in [2.05, 4.69) is 5.32 Å². The maximum atomic E-state index is 13.6. The average Bonchev–Trinajstić information content (AvgIpc) is 2.76. The molecule has 0 radical (unpaired) electrons. The summed E-state index contributed by atoms with van der Waals surface area (Å²) in [5.74, 6) is -0.668. The molecule has 2 aromatic rings. The summed E-state index contributed by atoms with van der Waals surface area (Å²) < 4.78 is 26.5. The SMILES string of the molecule is CC[C@H](C(=O)N[C@@H](C)CC)N(Cc1ccccc1)C(=O)CN(c1cc(C)cc(C)c1)S(C)(=O)=O. The lowest BCUT2D eigenvalue weighted by atomic mass is 10.1. The summed E-state index contributed by atoms with van der Waals surface area (Å²) in [5.41, 5.74) is 3.10. The van der Waals surface area contributed by atoms with Gasteiger partial charge in [0, 0.05) is 12.6 Å². The van der Waals surface area contributed by atoms with Gasteiger partial charge in [-0.3, -0.25) is 13.9 Å². The van der Waals surface area contributed by atoms with Crippen LogP contribution in [0.5, 0.6) is 0 Å². The highest BCUT2D eigenvalue weighted by Crippen LogP contribution is 2.22. The van der Waals surface area contributed by atoms with Crippen molar-refractivity contribution < 1.29 is 18.0 Å². The summed E-state index contributed by atoms with van der Waals surface area (Å²) in [6, 6.07) is 14.1. The van der Waals surface area contributed by atoms with E-state index in [0.717, 1.165) is 33.7 Å². The van der Waals surface area contributed by atoms with Gasteiger partial charge in [-0.05, 0) is 62.4 Å². The molecule has 1 N–H and O–H groups in total. The molecule has 2 amide bonds. The van der Waals surface area contributed by atoms with Crippen molar-refractivity contribution in [1.82, 2.24) is 10.2 Å². The molecule has 2 aromatic carbocycles. The van der Waals surface area contributed by atoms with Crippen molar-refractivity contribution in [3.05, 3.63) is 65.2 Å². The molecule has 7 nitrogen and oxygen atoms in total. The second kappa shape index (κ2) is 12.0. The second-order valence-corrected chi connectivity index (χ2v) is 10.8. The van der Waals surface area contributed by atoms with Crippen molar-refractivity contribution in [2.45, 2.75) is 66.1 Å². The number of amides is 2. The van der Waals surface area contributed by atoms with Crippen LogP contribution in [0.1, 0.15) is 50.3 Å². The Bertz CT molecular complexity index is 1070. The molecule has 0 aliphatic carbocycles. The number of nitrogens with one attached hydrogen (secondary N) is 1. The molecule has 8 heteroatoms. The van der Waals surface area contributed by atoms with E-state index in [0.29, 0.717) is 12.1 Å². The molecular formula is C26H37N3O4S. The van der Waals surface area contributed by atoms with Gasteiger partial charge in [0.25, 0.3) is 0 Å². The molecule has 0 fully saturated rings. The number of carbonyl (C=O) groups is 2. The molecule has 0 aromatic heterocycles.